The highest BCUT2D eigenvalue weighted by Crippen LogP contribution is 2.36. The van der Waals surface area contributed by atoms with E-state index < -0.39 is 42.4 Å². The van der Waals surface area contributed by atoms with Crippen molar-refractivity contribution in [3.63, 3.8) is 0 Å². The van der Waals surface area contributed by atoms with Crippen molar-refractivity contribution in [3.8, 4) is 11.8 Å². The molecule has 0 radical (unpaired) electrons. The van der Waals surface area contributed by atoms with E-state index in [1.54, 1.807) is 0 Å². The summed E-state index contributed by atoms with van der Waals surface area (Å²) in [5.74, 6) is 6.64. The number of rotatable bonds is 5. The Morgan fingerprint density at radius 3 is 2.40 bits per heavy atom. The topological polar surface area (TPSA) is 114 Å². The van der Waals surface area contributed by atoms with Crippen LogP contribution >= 0.6 is 0 Å². The first-order chi connectivity index (χ1) is 20.5. The Balaban J connectivity index is 1.16. The molecule has 8 heteroatoms. The van der Waals surface area contributed by atoms with Gasteiger partial charge in [0.05, 0.1) is 13.2 Å². The SMILES string of the molecule is O=c1ccn([C@@H]2O[C@H](CO)[C@@H](O)[C@H]2OCc2cccc(C#Cc3ccc4ccc5cccc6ccc3c4c56)c2)c(=O)[nH]1. The summed E-state index contributed by atoms with van der Waals surface area (Å²) in [5.41, 5.74) is 1.30. The first kappa shape index (κ1) is 26.1. The molecule has 1 saturated heterocycles. The summed E-state index contributed by atoms with van der Waals surface area (Å²) in [7, 11) is 0. The van der Waals surface area contributed by atoms with E-state index in [0.29, 0.717) is 0 Å². The van der Waals surface area contributed by atoms with Crippen LogP contribution in [0.3, 0.4) is 0 Å². The van der Waals surface area contributed by atoms with Crippen LogP contribution in [0.4, 0.5) is 0 Å². The van der Waals surface area contributed by atoms with Crippen LogP contribution in [0.2, 0.25) is 0 Å². The number of aliphatic hydroxyl groups excluding tert-OH is 2. The molecule has 2 heterocycles. The predicted octanol–water partition coefficient (Wildman–Crippen LogP) is 3.67. The molecule has 0 unspecified atom stereocenters. The molecule has 42 heavy (non-hydrogen) atoms. The van der Waals surface area contributed by atoms with Gasteiger partial charge < -0.3 is 19.7 Å². The highest BCUT2D eigenvalue weighted by molar-refractivity contribution is 6.23. The second-order valence-electron chi connectivity index (χ2n) is 10.5. The van der Waals surface area contributed by atoms with Crippen LogP contribution in [0.1, 0.15) is 22.9 Å². The van der Waals surface area contributed by atoms with Gasteiger partial charge in [0.15, 0.2) is 6.23 Å². The van der Waals surface area contributed by atoms with Gasteiger partial charge >= 0.3 is 5.69 Å². The number of H-pyrrole nitrogens is 1. The number of nitrogens with one attached hydrogen (secondary N) is 1. The van der Waals surface area contributed by atoms with E-state index in [4.69, 9.17) is 9.47 Å². The summed E-state index contributed by atoms with van der Waals surface area (Å²) in [6.07, 6.45) is -2.83. The van der Waals surface area contributed by atoms with Gasteiger partial charge in [-0.05, 0) is 56.1 Å². The number of aromatic amines is 1. The van der Waals surface area contributed by atoms with E-state index in [1.807, 2.05) is 24.3 Å². The van der Waals surface area contributed by atoms with Crippen molar-refractivity contribution >= 4 is 32.3 Å². The Kier molecular flexibility index (Phi) is 6.57. The van der Waals surface area contributed by atoms with Crippen LogP contribution in [0.15, 0.2) is 101 Å². The lowest BCUT2D eigenvalue weighted by Crippen LogP contribution is -2.39. The summed E-state index contributed by atoms with van der Waals surface area (Å²) in [6.45, 7) is -0.351. The number of aliphatic hydroxyl groups is 2. The number of ether oxygens (including phenoxy) is 2. The Labute approximate surface area is 239 Å². The molecule has 4 atom stereocenters. The van der Waals surface area contributed by atoms with Gasteiger partial charge in [-0.3, -0.25) is 14.3 Å². The van der Waals surface area contributed by atoms with Gasteiger partial charge in [0.1, 0.15) is 18.3 Å². The second kappa shape index (κ2) is 10.6. The highest BCUT2D eigenvalue weighted by atomic mass is 16.6. The Hall–Kier alpha value is -4.78. The Morgan fingerprint density at radius 1 is 0.881 bits per heavy atom. The first-order valence-electron chi connectivity index (χ1n) is 13.6. The van der Waals surface area contributed by atoms with Gasteiger partial charge in [-0.15, -0.1) is 0 Å². The van der Waals surface area contributed by atoms with Gasteiger partial charge in [-0.2, -0.15) is 0 Å². The molecule has 0 spiro atoms. The number of benzene rings is 5. The lowest BCUT2D eigenvalue weighted by molar-refractivity contribution is -0.0797. The van der Waals surface area contributed by atoms with Crippen molar-refractivity contribution in [1.29, 1.82) is 0 Å². The van der Waals surface area contributed by atoms with E-state index in [2.05, 4.69) is 71.4 Å². The number of hydrogen-bond acceptors (Lipinski definition) is 6. The molecule has 7 rings (SSSR count). The van der Waals surface area contributed by atoms with E-state index in [1.165, 1.54) is 39.2 Å². The van der Waals surface area contributed by atoms with E-state index in [-0.39, 0.29) is 6.61 Å². The molecule has 1 aromatic heterocycles. The van der Waals surface area contributed by atoms with Gasteiger partial charge in [0.2, 0.25) is 0 Å². The standard InChI is InChI=1S/C34H26N2O6/c37-18-27-31(39)32(33(42-27)36-16-15-28(38)35-34(36)40)41-19-21-4-1-3-20(17-21)7-8-22-9-10-25-12-11-23-5-2-6-24-13-14-26(22)30(25)29(23)24/h1-6,9-17,27,31-33,37,39H,18-19H2,(H,35,38,40)/t27-,31-,32-,33-/m1/s1. The molecular weight excluding hydrogens is 532 g/mol. The van der Waals surface area contributed by atoms with Crippen molar-refractivity contribution in [2.75, 3.05) is 6.61 Å². The third kappa shape index (κ3) is 4.55. The maximum Gasteiger partial charge on any atom is 0.330 e. The lowest BCUT2D eigenvalue weighted by atomic mass is 9.92. The largest absolute Gasteiger partial charge is 0.394 e. The molecule has 0 saturated carbocycles. The fraction of sp³-hybridized carbons (Fsp3) is 0.176. The molecule has 3 N–H and O–H groups in total. The normalized spacial score (nSPS) is 20.3. The van der Waals surface area contributed by atoms with Crippen LogP contribution in [0.25, 0.3) is 32.3 Å². The zero-order valence-electron chi connectivity index (χ0n) is 22.4. The van der Waals surface area contributed by atoms with Crippen molar-refractivity contribution in [2.45, 2.75) is 31.1 Å². The van der Waals surface area contributed by atoms with E-state index >= 15 is 0 Å². The molecule has 0 aliphatic carbocycles. The number of aromatic nitrogens is 2. The minimum atomic E-state index is -1.18. The highest BCUT2D eigenvalue weighted by Gasteiger charge is 2.45. The summed E-state index contributed by atoms with van der Waals surface area (Å²) >= 11 is 0. The monoisotopic (exact) mass is 558 g/mol. The van der Waals surface area contributed by atoms with Crippen molar-refractivity contribution in [2.24, 2.45) is 0 Å². The number of hydrogen-bond donors (Lipinski definition) is 3. The zero-order valence-corrected chi connectivity index (χ0v) is 22.4. The van der Waals surface area contributed by atoms with E-state index in [0.717, 1.165) is 26.6 Å². The maximum absolute atomic E-state index is 12.4. The predicted molar refractivity (Wildman–Crippen MR) is 159 cm³/mol. The second-order valence-corrected chi connectivity index (χ2v) is 10.5. The van der Waals surface area contributed by atoms with Crippen molar-refractivity contribution < 1.29 is 19.7 Å². The zero-order chi connectivity index (χ0) is 28.8. The van der Waals surface area contributed by atoms with Crippen LogP contribution < -0.4 is 11.2 Å². The van der Waals surface area contributed by atoms with Gasteiger partial charge in [-0.1, -0.05) is 72.5 Å². The minimum Gasteiger partial charge on any atom is -0.394 e. The summed E-state index contributed by atoms with van der Waals surface area (Å²) in [5, 5.41) is 27.6. The molecule has 8 nitrogen and oxygen atoms in total. The third-order valence-electron chi connectivity index (χ3n) is 7.86. The lowest BCUT2D eigenvalue weighted by Gasteiger charge is -2.22. The number of nitrogens with zero attached hydrogens (tertiary/aromatic N) is 1. The van der Waals surface area contributed by atoms with E-state index in [9.17, 15) is 19.8 Å². The van der Waals surface area contributed by atoms with Gasteiger partial charge in [0.25, 0.3) is 5.56 Å². The fourth-order valence-corrected chi connectivity index (χ4v) is 5.82. The Bertz CT molecular complexity index is 2110. The maximum atomic E-state index is 12.4. The van der Waals surface area contributed by atoms with Gasteiger partial charge in [-0.25, -0.2) is 4.79 Å². The smallest absolute Gasteiger partial charge is 0.330 e. The van der Waals surface area contributed by atoms with Crippen molar-refractivity contribution in [3.05, 3.63) is 129 Å². The Morgan fingerprint density at radius 2 is 1.62 bits per heavy atom. The molecular formula is C34H26N2O6. The first-order valence-corrected chi connectivity index (χ1v) is 13.6. The third-order valence-corrected chi connectivity index (χ3v) is 7.86. The summed E-state index contributed by atoms with van der Waals surface area (Å²) in [6, 6.07) is 27.9. The molecule has 0 amide bonds. The summed E-state index contributed by atoms with van der Waals surface area (Å²) < 4.78 is 12.9. The van der Waals surface area contributed by atoms with Crippen LogP contribution in [-0.2, 0) is 16.1 Å². The molecule has 208 valence electrons. The average Bonchev–Trinajstić information content (AvgIpc) is 3.32. The molecule has 0 bridgehead atoms. The van der Waals surface area contributed by atoms with Crippen LogP contribution in [-0.4, -0.2) is 44.7 Å². The summed E-state index contributed by atoms with van der Waals surface area (Å²) in [4.78, 5) is 26.1. The molecule has 1 fully saturated rings. The molecule has 1 aliphatic rings. The van der Waals surface area contributed by atoms with Gasteiger partial charge in [0, 0.05) is 23.4 Å². The molecule has 6 aromatic rings. The molecule has 1 aliphatic heterocycles. The molecule has 5 aromatic carbocycles. The minimum absolute atomic E-state index is 0.103. The fourth-order valence-electron chi connectivity index (χ4n) is 5.82. The quantitative estimate of drug-likeness (QED) is 0.220. The van der Waals surface area contributed by atoms with Crippen LogP contribution in [0.5, 0.6) is 0 Å². The van der Waals surface area contributed by atoms with Crippen molar-refractivity contribution in [1.82, 2.24) is 9.55 Å². The van der Waals surface area contributed by atoms with Crippen LogP contribution in [0, 0.1) is 11.8 Å². The average molecular weight is 559 g/mol.